The van der Waals surface area contributed by atoms with E-state index < -0.39 is 6.36 Å². The Hall–Kier alpha value is -0.980. The van der Waals surface area contributed by atoms with E-state index in [0.29, 0.717) is 12.0 Å². The van der Waals surface area contributed by atoms with Crippen LogP contribution in [0.5, 0.6) is 5.75 Å². The van der Waals surface area contributed by atoms with Gasteiger partial charge in [-0.25, -0.2) is 0 Å². The quantitative estimate of drug-likeness (QED) is 0.868. The molecule has 0 spiro atoms. The second-order valence-electron chi connectivity index (χ2n) is 6.39. The molecular weight excluding hydrogens is 341 g/mol. The number of halogens is 4. The van der Waals surface area contributed by atoms with Gasteiger partial charge < -0.3 is 10.1 Å². The van der Waals surface area contributed by atoms with Gasteiger partial charge in [0, 0.05) is 32.2 Å². The molecule has 1 aliphatic carbocycles. The lowest BCUT2D eigenvalue weighted by Gasteiger charge is -2.38. The molecule has 1 heterocycles. The Balaban J connectivity index is 0.00000208. The minimum Gasteiger partial charge on any atom is -0.406 e. The van der Waals surface area contributed by atoms with Crippen molar-refractivity contribution in [1.82, 2.24) is 10.2 Å². The van der Waals surface area contributed by atoms with Gasteiger partial charge in [0.2, 0.25) is 0 Å². The average Bonchev–Trinajstić information content (AvgIpc) is 3.03. The summed E-state index contributed by atoms with van der Waals surface area (Å²) in [5.74, 6) is 0.453. The molecule has 3 nitrogen and oxygen atoms in total. The van der Waals surface area contributed by atoms with Gasteiger partial charge in [0.05, 0.1) is 0 Å². The van der Waals surface area contributed by atoms with Crippen molar-refractivity contribution in [3.63, 3.8) is 0 Å². The molecule has 2 fully saturated rings. The second kappa shape index (κ2) is 8.41. The molecule has 1 aromatic rings. The van der Waals surface area contributed by atoms with Gasteiger partial charge >= 0.3 is 6.36 Å². The van der Waals surface area contributed by atoms with Crippen molar-refractivity contribution in [3.8, 4) is 5.75 Å². The first kappa shape index (κ1) is 19.3. The van der Waals surface area contributed by atoms with E-state index in [1.807, 2.05) is 0 Å². The first-order valence-electron chi connectivity index (χ1n) is 8.33. The van der Waals surface area contributed by atoms with Crippen molar-refractivity contribution in [2.75, 3.05) is 26.2 Å². The van der Waals surface area contributed by atoms with Crippen LogP contribution in [0.4, 0.5) is 13.2 Å². The van der Waals surface area contributed by atoms with E-state index in [1.165, 1.54) is 37.8 Å². The van der Waals surface area contributed by atoms with Crippen molar-refractivity contribution >= 4 is 12.4 Å². The predicted molar refractivity (Wildman–Crippen MR) is 89.5 cm³/mol. The minimum atomic E-state index is -4.63. The molecule has 1 N–H and O–H groups in total. The summed E-state index contributed by atoms with van der Waals surface area (Å²) in [7, 11) is 0. The molecule has 0 bridgehead atoms. The van der Waals surface area contributed by atoms with Gasteiger partial charge in [-0.2, -0.15) is 0 Å². The maximum Gasteiger partial charge on any atom is 0.573 e. The number of piperazine rings is 1. The highest BCUT2D eigenvalue weighted by Crippen LogP contribution is 2.40. The van der Waals surface area contributed by atoms with Crippen molar-refractivity contribution in [2.24, 2.45) is 5.92 Å². The molecule has 2 aliphatic rings. The molecule has 0 amide bonds. The van der Waals surface area contributed by atoms with Gasteiger partial charge in [0.15, 0.2) is 0 Å². The molecule has 1 aliphatic heterocycles. The van der Waals surface area contributed by atoms with Crippen LogP contribution in [0.2, 0.25) is 0 Å². The molecular formula is C17H24ClF3N2O. The van der Waals surface area contributed by atoms with Crippen molar-refractivity contribution < 1.29 is 17.9 Å². The fraction of sp³-hybridized carbons (Fsp3) is 0.647. The number of nitrogens with one attached hydrogen (secondary N) is 1. The van der Waals surface area contributed by atoms with Crippen molar-refractivity contribution in [1.29, 1.82) is 0 Å². The van der Waals surface area contributed by atoms with E-state index in [9.17, 15) is 13.2 Å². The average molecular weight is 365 g/mol. The van der Waals surface area contributed by atoms with Gasteiger partial charge in [0.25, 0.3) is 0 Å². The number of hydrogen-bond donors (Lipinski definition) is 1. The molecule has 1 aromatic carbocycles. The first-order valence-corrected chi connectivity index (χ1v) is 8.33. The lowest BCUT2D eigenvalue weighted by Crippen LogP contribution is -2.46. The molecule has 1 saturated heterocycles. The number of rotatable bonds is 4. The summed E-state index contributed by atoms with van der Waals surface area (Å²) >= 11 is 0. The van der Waals surface area contributed by atoms with E-state index in [2.05, 4.69) is 15.0 Å². The number of benzene rings is 1. The third-order valence-electron chi connectivity index (χ3n) is 4.85. The Bertz CT molecular complexity index is 498. The van der Waals surface area contributed by atoms with E-state index in [4.69, 9.17) is 0 Å². The predicted octanol–water partition coefficient (Wildman–Crippen LogP) is 4.14. The van der Waals surface area contributed by atoms with Gasteiger partial charge in [-0.05, 0) is 36.5 Å². The zero-order chi connectivity index (χ0) is 16.3. The summed E-state index contributed by atoms with van der Waals surface area (Å²) in [6, 6.07) is 6.78. The van der Waals surface area contributed by atoms with E-state index in [0.717, 1.165) is 31.7 Å². The zero-order valence-electron chi connectivity index (χ0n) is 13.5. The summed E-state index contributed by atoms with van der Waals surface area (Å²) in [5, 5.41) is 3.36. The monoisotopic (exact) mass is 364 g/mol. The number of hydrogen-bond acceptors (Lipinski definition) is 3. The minimum absolute atomic E-state index is 0. The Morgan fingerprint density at radius 1 is 1.04 bits per heavy atom. The van der Waals surface area contributed by atoms with Crippen molar-refractivity contribution in [3.05, 3.63) is 29.8 Å². The maximum absolute atomic E-state index is 12.3. The number of ether oxygens (including phenoxy) is 1. The largest absolute Gasteiger partial charge is 0.573 e. The Morgan fingerprint density at radius 2 is 1.62 bits per heavy atom. The smallest absolute Gasteiger partial charge is 0.406 e. The van der Waals surface area contributed by atoms with Crippen LogP contribution >= 0.6 is 12.4 Å². The van der Waals surface area contributed by atoms with Crippen LogP contribution < -0.4 is 10.1 Å². The highest BCUT2D eigenvalue weighted by atomic mass is 35.5. The number of alkyl halides is 3. The third-order valence-corrected chi connectivity index (χ3v) is 4.85. The fourth-order valence-electron chi connectivity index (χ4n) is 3.88. The van der Waals surface area contributed by atoms with Crippen LogP contribution in [0.25, 0.3) is 0 Å². The van der Waals surface area contributed by atoms with E-state index in [1.54, 1.807) is 12.1 Å². The van der Waals surface area contributed by atoms with Crippen LogP contribution in [-0.4, -0.2) is 37.4 Å². The lowest BCUT2D eigenvalue weighted by atomic mass is 9.89. The molecule has 24 heavy (non-hydrogen) atoms. The fourth-order valence-corrected chi connectivity index (χ4v) is 3.88. The summed E-state index contributed by atoms with van der Waals surface area (Å²) < 4.78 is 40.9. The van der Waals surface area contributed by atoms with Crippen LogP contribution in [0, 0.1) is 5.92 Å². The molecule has 0 radical (unpaired) electrons. The highest BCUT2D eigenvalue weighted by Gasteiger charge is 2.33. The Kier molecular flexibility index (Phi) is 6.78. The molecule has 1 atom stereocenters. The van der Waals surface area contributed by atoms with Gasteiger partial charge in [-0.1, -0.05) is 25.0 Å². The summed E-state index contributed by atoms with van der Waals surface area (Å²) in [6.07, 6.45) is 0.279. The first-order chi connectivity index (χ1) is 11.0. The zero-order valence-corrected chi connectivity index (χ0v) is 14.3. The SMILES string of the molecule is Cl.FC(F)(F)Oc1ccc([C@@H](C2CCCC2)N2CCNCC2)cc1. The highest BCUT2D eigenvalue weighted by molar-refractivity contribution is 5.85. The molecule has 0 aromatic heterocycles. The number of nitrogens with zero attached hydrogens (tertiary/aromatic N) is 1. The van der Waals surface area contributed by atoms with Gasteiger partial charge in [-0.3, -0.25) is 4.90 Å². The maximum atomic E-state index is 12.3. The van der Waals surface area contributed by atoms with Crippen molar-refractivity contribution in [2.45, 2.75) is 38.1 Å². The van der Waals surface area contributed by atoms with Crippen LogP contribution in [-0.2, 0) is 0 Å². The van der Waals surface area contributed by atoms with Gasteiger partial charge in [0.1, 0.15) is 5.75 Å². The summed E-state index contributed by atoms with van der Waals surface area (Å²) in [6.45, 7) is 3.92. The Labute approximate surface area is 147 Å². The summed E-state index contributed by atoms with van der Waals surface area (Å²) in [5.41, 5.74) is 1.10. The molecule has 0 unspecified atom stereocenters. The second-order valence-corrected chi connectivity index (χ2v) is 6.39. The molecule has 136 valence electrons. The normalized spacial score (nSPS) is 21.3. The van der Waals surface area contributed by atoms with Gasteiger partial charge in [-0.15, -0.1) is 25.6 Å². The molecule has 3 rings (SSSR count). The van der Waals surface area contributed by atoms with E-state index in [-0.39, 0.29) is 18.2 Å². The molecule has 1 saturated carbocycles. The standard InChI is InChI=1S/C17H23F3N2O.ClH/c18-17(19,20)23-15-7-5-14(6-8-15)16(13-3-1-2-4-13)22-11-9-21-10-12-22;/h5-8,13,16,21H,1-4,9-12H2;1H/t16-;/m1./s1. The topological polar surface area (TPSA) is 24.5 Å². The summed E-state index contributed by atoms with van der Waals surface area (Å²) in [4.78, 5) is 2.48. The Morgan fingerprint density at radius 3 is 2.17 bits per heavy atom. The third kappa shape index (κ3) is 5.01. The van der Waals surface area contributed by atoms with Crippen LogP contribution in [0.1, 0.15) is 37.3 Å². The van der Waals surface area contributed by atoms with Crippen LogP contribution in [0.3, 0.4) is 0 Å². The molecule has 7 heteroatoms. The van der Waals surface area contributed by atoms with E-state index >= 15 is 0 Å². The lowest BCUT2D eigenvalue weighted by molar-refractivity contribution is -0.274. The van der Waals surface area contributed by atoms with Crippen LogP contribution in [0.15, 0.2) is 24.3 Å².